The lowest BCUT2D eigenvalue weighted by Crippen LogP contribution is -2.14. The van der Waals surface area contributed by atoms with Crippen LogP contribution in [-0.4, -0.2) is 13.4 Å². The number of hydrogen-bond acceptors (Lipinski definition) is 3. The number of halogens is 1. The summed E-state index contributed by atoms with van der Waals surface area (Å²) in [4.78, 5) is 1.19. The van der Waals surface area contributed by atoms with Crippen molar-refractivity contribution < 1.29 is 4.74 Å². The Labute approximate surface area is 126 Å². The van der Waals surface area contributed by atoms with Crippen molar-refractivity contribution in [2.24, 2.45) is 5.73 Å². The van der Waals surface area contributed by atoms with Crippen LogP contribution in [0.4, 0.5) is 0 Å². The van der Waals surface area contributed by atoms with Gasteiger partial charge in [-0.1, -0.05) is 34.1 Å². The number of methoxy groups -OCH3 is 1. The van der Waals surface area contributed by atoms with Crippen molar-refractivity contribution in [1.82, 2.24) is 0 Å². The second kappa shape index (κ2) is 6.46. The zero-order chi connectivity index (χ0) is 13.8. The molecule has 0 fully saturated rings. The lowest BCUT2D eigenvalue weighted by Gasteiger charge is -2.18. The summed E-state index contributed by atoms with van der Waals surface area (Å²) in [5.74, 6) is 0.812. The molecule has 0 aliphatic rings. The van der Waals surface area contributed by atoms with Gasteiger partial charge in [-0.15, -0.1) is 11.8 Å². The lowest BCUT2D eigenvalue weighted by molar-refractivity contribution is 0.407. The Morgan fingerprint density at radius 3 is 2.58 bits per heavy atom. The highest BCUT2D eigenvalue weighted by atomic mass is 79.9. The summed E-state index contributed by atoms with van der Waals surface area (Å²) in [6.07, 6.45) is 2.06. The minimum absolute atomic E-state index is 0.198. The molecule has 0 spiro atoms. The second-order valence-corrected chi connectivity index (χ2v) is 5.87. The molecule has 0 amide bonds. The van der Waals surface area contributed by atoms with E-state index in [0.717, 1.165) is 21.3 Å². The van der Waals surface area contributed by atoms with Crippen molar-refractivity contribution >= 4 is 27.7 Å². The Balaban J connectivity index is 2.49. The molecule has 0 aromatic heterocycles. The summed E-state index contributed by atoms with van der Waals surface area (Å²) in [7, 11) is 1.67. The summed E-state index contributed by atoms with van der Waals surface area (Å²) in [6, 6.07) is 13.9. The van der Waals surface area contributed by atoms with Crippen LogP contribution < -0.4 is 10.5 Å². The van der Waals surface area contributed by atoms with Crippen molar-refractivity contribution in [2.75, 3.05) is 13.4 Å². The molecule has 0 aliphatic heterocycles. The van der Waals surface area contributed by atoms with E-state index in [0.29, 0.717) is 0 Å². The molecule has 0 saturated carbocycles. The van der Waals surface area contributed by atoms with Gasteiger partial charge in [0.05, 0.1) is 13.2 Å². The number of ether oxygens (including phenoxy) is 1. The number of nitrogens with two attached hydrogens (primary N) is 1. The molecule has 0 radical (unpaired) electrons. The topological polar surface area (TPSA) is 35.2 Å². The molecule has 100 valence electrons. The molecule has 0 saturated heterocycles. The van der Waals surface area contributed by atoms with E-state index in [9.17, 15) is 0 Å². The average Bonchev–Trinajstić information content (AvgIpc) is 2.46. The number of benzene rings is 2. The molecular weight excluding hydrogens is 322 g/mol. The molecule has 2 rings (SSSR count). The lowest BCUT2D eigenvalue weighted by atomic mass is 9.99. The summed E-state index contributed by atoms with van der Waals surface area (Å²) >= 11 is 5.19. The quantitative estimate of drug-likeness (QED) is 0.848. The molecule has 19 heavy (non-hydrogen) atoms. The second-order valence-electron chi connectivity index (χ2n) is 4.11. The van der Waals surface area contributed by atoms with E-state index < -0.39 is 0 Å². The van der Waals surface area contributed by atoms with Gasteiger partial charge in [-0.3, -0.25) is 0 Å². The van der Waals surface area contributed by atoms with Gasteiger partial charge in [0.15, 0.2) is 0 Å². The minimum atomic E-state index is -0.198. The maximum absolute atomic E-state index is 6.42. The minimum Gasteiger partial charge on any atom is -0.496 e. The maximum Gasteiger partial charge on any atom is 0.124 e. The summed E-state index contributed by atoms with van der Waals surface area (Å²) in [6.45, 7) is 0. The molecule has 2 aromatic carbocycles. The van der Waals surface area contributed by atoms with Crippen LogP contribution in [0.1, 0.15) is 17.2 Å². The SMILES string of the molecule is COc1ccc(Br)cc1C(N)c1ccccc1SC. The Bertz CT molecular complexity index is 574. The van der Waals surface area contributed by atoms with Crippen molar-refractivity contribution in [3.63, 3.8) is 0 Å². The summed E-state index contributed by atoms with van der Waals surface area (Å²) < 4.78 is 6.41. The smallest absolute Gasteiger partial charge is 0.124 e. The van der Waals surface area contributed by atoms with Crippen LogP contribution in [-0.2, 0) is 0 Å². The van der Waals surface area contributed by atoms with Crippen LogP contribution in [0.3, 0.4) is 0 Å². The van der Waals surface area contributed by atoms with E-state index >= 15 is 0 Å². The van der Waals surface area contributed by atoms with Crippen LogP contribution in [0.15, 0.2) is 51.8 Å². The van der Waals surface area contributed by atoms with Gasteiger partial charge in [-0.25, -0.2) is 0 Å². The van der Waals surface area contributed by atoms with Gasteiger partial charge in [0.1, 0.15) is 5.75 Å². The first-order valence-corrected chi connectivity index (χ1v) is 7.91. The van der Waals surface area contributed by atoms with Gasteiger partial charge in [0.25, 0.3) is 0 Å². The fraction of sp³-hybridized carbons (Fsp3) is 0.200. The first-order chi connectivity index (χ1) is 9.17. The van der Waals surface area contributed by atoms with Crippen molar-refractivity contribution in [3.05, 3.63) is 58.1 Å². The van der Waals surface area contributed by atoms with Crippen molar-refractivity contribution in [3.8, 4) is 5.75 Å². The zero-order valence-electron chi connectivity index (χ0n) is 10.9. The Morgan fingerprint density at radius 1 is 1.16 bits per heavy atom. The van der Waals surface area contributed by atoms with Crippen LogP contribution in [0.5, 0.6) is 5.75 Å². The fourth-order valence-electron chi connectivity index (χ4n) is 2.04. The zero-order valence-corrected chi connectivity index (χ0v) is 13.3. The molecule has 1 atom stereocenters. The van der Waals surface area contributed by atoms with E-state index in [4.69, 9.17) is 10.5 Å². The van der Waals surface area contributed by atoms with E-state index in [1.165, 1.54) is 4.90 Å². The Kier molecular flexibility index (Phi) is 4.91. The molecular formula is C15H16BrNOS. The predicted octanol–water partition coefficient (Wildman–Crippen LogP) is 4.23. The van der Waals surface area contributed by atoms with Crippen molar-refractivity contribution in [1.29, 1.82) is 0 Å². The summed E-state index contributed by atoms with van der Waals surface area (Å²) in [5, 5.41) is 0. The van der Waals surface area contributed by atoms with E-state index in [1.54, 1.807) is 18.9 Å². The predicted molar refractivity (Wildman–Crippen MR) is 84.9 cm³/mol. The van der Waals surface area contributed by atoms with Gasteiger partial charge in [-0.2, -0.15) is 0 Å². The largest absolute Gasteiger partial charge is 0.496 e. The van der Waals surface area contributed by atoms with Crippen LogP contribution >= 0.6 is 27.7 Å². The molecule has 0 heterocycles. The van der Waals surface area contributed by atoms with Crippen LogP contribution in [0.2, 0.25) is 0 Å². The normalized spacial score (nSPS) is 12.2. The molecule has 2 aromatic rings. The third kappa shape index (κ3) is 3.14. The monoisotopic (exact) mass is 337 g/mol. The Morgan fingerprint density at radius 2 is 1.89 bits per heavy atom. The standard InChI is InChI=1S/C15H16BrNOS/c1-18-13-8-7-10(16)9-12(13)15(17)11-5-3-4-6-14(11)19-2/h3-9,15H,17H2,1-2H3. The molecule has 4 heteroatoms. The van der Waals surface area contributed by atoms with Gasteiger partial charge in [-0.05, 0) is 36.1 Å². The van der Waals surface area contributed by atoms with Crippen LogP contribution in [0, 0.1) is 0 Å². The third-order valence-electron chi connectivity index (χ3n) is 3.00. The van der Waals surface area contributed by atoms with Crippen molar-refractivity contribution in [2.45, 2.75) is 10.9 Å². The number of rotatable bonds is 4. The van der Waals surface area contributed by atoms with E-state index in [1.807, 2.05) is 30.3 Å². The summed E-state index contributed by atoms with van der Waals surface area (Å²) in [5.41, 5.74) is 8.53. The first kappa shape index (κ1) is 14.4. The number of thioether (sulfide) groups is 1. The molecule has 2 nitrogen and oxygen atoms in total. The third-order valence-corrected chi connectivity index (χ3v) is 4.31. The highest BCUT2D eigenvalue weighted by Crippen LogP contribution is 2.34. The molecule has 1 unspecified atom stereocenters. The van der Waals surface area contributed by atoms with Gasteiger partial charge in [0, 0.05) is 14.9 Å². The highest BCUT2D eigenvalue weighted by Gasteiger charge is 2.17. The molecule has 0 bridgehead atoms. The average molecular weight is 338 g/mol. The van der Waals surface area contributed by atoms with E-state index in [2.05, 4.69) is 34.3 Å². The van der Waals surface area contributed by atoms with Gasteiger partial charge >= 0.3 is 0 Å². The molecule has 0 aliphatic carbocycles. The highest BCUT2D eigenvalue weighted by molar-refractivity contribution is 9.10. The van der Waals surface area contributed by atoms with Gasteiger partial charge < -0.3 is 10.5 Å². The molecule has 2 N–H and O–H groups in total. The fourth-order valence-corrected chi connectivity index (χ4v) is 3.06. The maximum atomic E-state index is 6.42. The first-order valence-electron chi connectivity index (χ1n) is 5.89. The van der Waals surface area contributed by atoms with Gasteiger partial charge in [0.2, 0.25) is 0 Å². The number of hydrogen-bond donors (Lipinski definition) is 1. The van der Waals surface area contributed by atoms with Crippen LogP contribution in [0.25, 0.3) is 0 Å². The van der Waals surface area contributed by atoms with E-state index in [-0.39, 0.29) is 6.04 Å². The Hall–Kier alpha value is -0.970.